The fourth-order valence-electron chi connectivity index (χ4n) is 2.45. The second kappa shape index (κ2) is 7.41. The van der Waals surface area contributed by atoms with E-state index in [0.717, 1.165) is 37.7 Å². The number of guanidine groups is 1. The summed E-state index contributed by atoms with van der Waals surface area (Å²) in [5.74, 6) is 1.36. The molecule has 1 saturated carbocycles. The minimum atomic E-state index is -0.391. The van der Waals surface area contributed by atoms with Gasteiger partial charge in [0.2, 0.25) is 0 Å². The van der Waals surface area contributed by atoms with Crippen molar-refractivity contribution in [3.05, 3.63) is 39.9 Å². The maximum absolute atomic E-state index is 10.7. The second-order valence-electron chi connectivity index (χ2n) is 6.12. The molecule has 1 aromatic rings. The van der Waals surface area contributed by atoms with Crippen LogP contribution in [0.2, 0.25) is 0 Å². The lowest BCUT2D eigenvalue weighted by Crippen LogP contribution is -2.41. The molecule has 2 aliphatic rings. The van der Waals surface area contributed by atoms with Gasteiger partial charge in [0.15, 0.2) is 5.96 Å². The van der Waals surface area contributed by atoms with Gasteiger partial charge in [-0.3, -0.25) is 10.1 Å². The van der Waals surface area contributed by atoms with Crippen LogP contribution in [0.1, 0.15) is 24.8 Å². The van der Waals surface area contributed by atoms with Gasteiger partial charge >= 0.3 is 0 Å². The van der Waals surface area contributed by atoms with E-state index in [9.17, 15) is 10.1 Å². The van der Waals surface area contributed by atoms with Gasteiger partial charge in [-0.05, 0) is 24.8 Å². The van der Waals surface area contributed by atoms with E-state index in [-0.39, 0.29) is 5.69 Å². The van der Waals surface area contributed by atoms with E-state index >= 15 is 0 Å². The fourth-order valence-corrected chi connectivity index (χ4v) is 2.45. The third kappa shape index (κ3) is 4.92. The predicted molar refractivity (Wildman–Crippen MR) is 87.3 cm³/mol. The first-order valence-electron chi connectivity index (χ1n) is 8.06. The number of benzene rings is 1. The number of nitro groups is 1. The first-order valence-corrected chi connectivity index (χ1v) is 8.06. The minimum absolute atomic E-state index is 0.105. The highest BCUT2D eigenvalue weighted by molar-refractivity contribution is 5.80. The highest BCUT2D eigenvalue weighted by Gasteiger charge is 2.23. The van der Waals surface area contributed by atoms with Crippen LogP contribution in [-0.2, 0) is 11.3 Å². The molecule has 0 aromatic heterocycles. The first-order chi connectivity index (χ1) is 11.2. The summed E-state index contributed by atoms with van der Waals surface area (Å²) in [5, 5.41) is 17.5. The number of non-ortho nitro benzene ring substituents is 1. The molecular weight excluding hydrogens is 296 g/mol. The van der Waals surface area contributed by atoms with Crippen molar-refractivity contribution in [2.45, 2.75) is 31.8 Å². The molecule has 1 atom stereocenters. The maximum Gasteiger partial charge on any atom is 0.269 e. The molecular formula is C16H22N4O3. The quantitative estimate of drug-likeness (QED) is 0.361. The Hall–Kier alpha value is -2.15. The Morgan fingerprint density at radius 2 is 2.09 bits per heavy atom. The molecule has 1 aliphatic carbocycles. The number of nitrogens with one attached hydrogen (secondary N) is 2. The van der Waals surface area contributed by atoms with Gasteiger partial charge in [-0.15, -0.1) is 0 Å². The van der Waals surface area contributed by atoms with Crippen molar-refractivity contribution < 1.29 is 9.66 Å². The van der Waals surface area contributed by atoms with Crippen molar-refractivity contribution in [2.75, 3.05) is 19.8 Å². The van der Waals surface area contributed by atoms with Gasteiger partial charge in [-0.1, -0.05) is 12.1 Å². The number of hydrogen-bond donors (Lipinski definition) is 2. The molecule has 3 rings (SSSR count). The first kappa shape index (κ1) is 15.7. The molecule has 1 aliphatic heterocycles. The lowest BCUT2D eigenvalue weighted by atomic mass is 10.1. The van der Waals surface area contributed by atoms with Crippen LogP contribution in [0.5, 0.6) is 0 Å². The van der Waals surface area contributed by atoms with E-state index in [1.165, 1.54) is 25.0 Å². The van der Waals surface area contributed by atoms with Crippen LogP contribution in [-0.4, -0.2) is 36.7 Å². The predicted octanol–water partition coefficient (Wildman–Crippen LogP) is 1.83. The zero-order chi connectivity index (χ0) is 16.1. The van der Waals surface area contributed by atoms with Crippen LogP contribution in [0.4, 0.5) is 5.69 Å². The van der Waals surface area contributed by atoms with Gasteiger partial charge in [0, 0.05) is 37.2 Å². The van der Waals surface area contributed by atoms with Gasteiger partial charge < -0.3 is 15.4 Å². The fraction of sp³-hybridized carbons (Fsp3) is 0.562. The molecule has 1 heterocycles. The Morgan fingerprint density at radius 1 is 1.30 bits per heavy atom. The van der Waals surface area contributed by atoms with Crippen molar-refractivity contribution in [1.29, 1.82) is 0 Å². The number of nitrogens with zero attached hydrogens (tertiary/aromatic N) is 2. The van der Waals surface area contributed by atoms with Crippen molar-refractivity contribution >= 4 is 11.6 Å². The van der Waals surface area contributed by atoms with E-state index in [1.807, 2.05) is 0 Å². The lowest BCUT2D eigenvalue weighted by Gasteiger charge is -2.14. The zero-order valence-corrected chi connectivity index (χ0v) is 13.0. The van der Waals surface area contributed by atoms with E-state index < -0.39 is 4.92 Å². The molecule has 0 spiro atoms. The topological polar surface area (TPSA) is 88.8 Å². The maximum atomic E-state index is 10.7. The van der Waals surface area contributed by atoms with Crippen LogP contribution in [0.15, 0.2) is 29.3 Å². The Labute approximate surface area is 135 Å². The standard InChI is InChI=1S/C16H22N4O3/c21-20(22)15-5-1-12(2-6-15)9-17-16(19-14-3-4-14)18-10-13-7-8-23-11-13/h1-2,5-6,13-14H,3-4,7-11H2,(H2,17,18,19). The van der Waals surface area contributed by atoms with Gasteiger partial charge in [0.05, 0.1) is 18.1 Å². The number of rotatable bonds is 6. The Morgan fingerprint density at radius 3 is 2.70 bits per heavy atom. The molecule has 0 amide bonds. The van der Waals surface area contributed by atoms with Crippen molar-refractivity contribution in [2.24, 2.45) is 10.9 Å². The average molecular weight is 318 g/mol. The molecule has 1 saturated heterocycles. The molecule has 23 heavy (non-hydrogen) atoms. The minimum Gasteiger partial charge on any atom is -0.381 e. The van der Waals surface area contributed by atoms with Crippen LogP contribution in [0.3, 0.4) is 0 Å². The van der Waals surface area contributed by atoms with Crippen molar-refractivity contribution in [1.82, 2.24) is 10.6 Å². The number of hydrogen-bond acceptors (Lipinski definition) is 4. The van der Waals surface area contributed by atoms with Gasteiger partial charge in [-0.2, -0.15) is 0 Å². The molecule has 124 valence electrons. The monoisotopic (exact) mass is 318 g/mol. The molecule has 1 aromatic carbocycles. The van der Waals surface area contributed by atoms with Crippen molar-refractivity contribution in [3.63, 3.8) is 0 Å². The van der Waals surface area contributed by atoms with Crippen LogP contribution >= 0.6 is 0 Å². The van der Waals surface area contributed by atoms with Crippen molar-refractivity contribution in [3.8, 4) is 0 Å². The summed E-state index contributed by atoms with van der Waals surface area (Å²) < 4.78 is 5.39. The summed E-state index contributed by atoms with van der Waals surface area (Å²) in [7, 11) is 0. The summed E-state index contributed by atoms with van der Waals surface area (Å²) in [6.45, 7) is 3.02. The summed E-state index contributed by atoms with van der Waals surface area (Å²) in [5.41, 5.74) is 1.06. The third-order valence-electron chi connectivity index (χ3n) is 4.07. The van der Waals surface area contributed by atoms with Crippen LogP contribution in [0, 0.1) is 16.0 Å². The smallest absolute Gasteiger partial charge is 0.269 e. The van der Waals surface area contributed by atoms with Crippen LogP contribution < -0.4 is 10.6 Å². The molecule has 0 bridgehead atoms. The molecule has 1 unspecified atom stereocenters. The molecule has 2 N–H and O–H groups in total. The zero-order valence-electron chi connectivity index (χ0n) is 13.0. The number of nitro benzene ring substituents is 1. The summed E-state index contributed by atoms with van der Waals surface area (Å²) >= 11 is 0. The highest BCUT2D eigenvalue weighted by atomic mass is 16.6. The van der Waals surface area contributed by atoms with Gasteiger partial charge in [-0.25, -0.2) is 4.99 Å². The SMILES string of the molecule is O=[N+]([O-])c1ccc(CN=C(NCC2CCOC2)NC2CC2)cc1. The van der Waals surface area contributed by atoms with Crippen LogP contribution in [0.25, 0.3) is 0 Å². The highest BCUT2D eigenvalue weighted by Crippen LogP contribution is 2.19. The molecule has 7 heteroatoms. The molecule has 0 radical (unpaired) electrons. The largest absolute Gasteiger partial charge is 0.381 e. The average Bonchev–Trinajstić information content (AvgIpc) is 3.22. The number of aliphatic imine (C=N–C) groups is 1. The van der Waals surface area contributed by atoms with E-state index in [0.29, 0.717) is 18.5 Å². The van der Waals surface area contributed by atoms with Gasteiger partial charge in [0.1, 0.15) is 0 Å². The molecule has 7 nitrogen and oxygen atoms in total. The normalized spacial score (nSPS) is 21.2. The molecule has 2 fully saturated rings. The van der Waals surface area contributed by atoms with E-state index in [1.54, 1.807) is 12.1 Å². The van der Waals surface area contributed by atoms with E-state index in [2.05, 4.69) is 15.6 Å². The lowest BCUT2D eigenvalue weighted by molar-refractivity contribution is -0.384. The second-order valence-corrected chi connectivity index (χ2v) is 6.12. The van der Waals surface area contributed by atoms with E-state index in [4.69, 9.17) is 4.74 Å². The Kier molecular flexibility index (Phi) is 5.07. The summed E-state index contributed by atoms with van der Waals surface area (Å²) in [6.07, 6.45) is 3.46. The Balaban J connectivity index is 1.56. The van der Waals surface area contributed by atoms with Gasteiger partial charge in [0.25, 0.3) is 5.69 Å². The third-order valence-corrected chi connectivity index (χ3v) is 4.07. The summed E-state index contributed by atoms with van der Waals surface area (Å²) in [4.78, 5) is 14.9. The Bertz CT molecular complexity index is 563. The number of ether oxygens (including phenoxy) is 1. The summed E-state index contributed by atoms with van der Waals surface area (Å²) in [6, 6.07) is 7.06.